The van der Waals surface area contributed by atoms with Gasteiger partial charge in [0.1, 0.15) is 11.7 Å². The van der Waals surface area contributed by atoms with Gasteiger partial charge in [-0.15, -0.1) is 5.11 Å². The number of carbonyl (C=O) groups excluding carboxylic acids is 2. The molecule has 1 aliphatic rings. The fourth-order valence-corrected chi connectivity index (χ4v) is 2.84. The molecule has 0 aliphatic carbocycles. The van der Waals surface area contributed by atoms with Gasteiger partial charge >= 0.3 is 6.18 Å². The molecule has 1 aromatic carbocycles. The molecule has 14 heteroatoms. The maximum Gasteiger partial charge on any atom is 0.437 e. The number of rotatable bonds is 5. The zero-order chi connectivity index (χ0) is 23.6. The minimum atomic E-state index is -5.04. The van der Waals surface area contributed by atoms with Crippen LogP contribution >= 0.6 is 11.6 Å². The lowest BCUT2D eigenvalue weighted by Crippen LogP contribution is -2.30. The highest BCUT2D eigenvalue weighted by Gasteiger charge is 2.39. The number of aromatic nitrogens is 2. The molecule has 2 amide bonds. The monoisotopic (exact) mass is 466 g/mol. The number of benzene rings is 1. The van der Waals surface area contributed by atoms with E-state index in [4.69, 9.17) is 27.3 Å². The molecule has 164 valence electrons. The van der Waals surface area contributed by atoms with Crippen molar-refractivity contribution in [3.05, 3.63) is 62.9 Å². The van der Waals surface area contributed by atoms with E-state index in [2.05, 4.69) is 15.2 Å². The van der Waals surface area contributed by atoms with Crippen LogP contribution < -0.4 is 16.0 Å². The van der Waals surface area contributed by atoms with E-state index in [9.17, 15) is 27.6 Å². The number of nitrogens with zero attached hydrogens (tertiary/aromatic N) is 5. The lowest BCUT2D eigenvalue weighted by Gasteiger charge is -2.16. The van der Waals surface area contributed by atoms with Gasteiger partial charge < -0.3 is 10.5 Å². The molecule has 0 spiro atoms. The summed E-state index contributed by atoms with van der Waals surface area (Å²) in [4.78, 5) is 38.9. The second kappa shape index (κ2) is 8.60. The number of amides is 2. The van der Waals surface area contributed by atoms with E-state index in [0.717, 1.165) is 18.2 Å². The van der Waals surface area contributed by atoms with E-state index in [1.165, 1.54) is 6.07 Å². The number of hydrogen-bond donors (Lipinski definition) is 1. The highest BCUT2D eigenvalue weighted by Crippen LogP contribution is 2.35. The van der Waals surface area contributed by atoms with Crippen LogP contribution in [0.25, 0.3) is 0 Å². The van der Waals surface area contributed by atoms with Crippen LogP contribution in [0, 0.1) is 17.2 Å². The molecule has 1 aromatic heterocycles. The van der Waals surface area contributed by atoms with Gasteiger partial charge in [-0.25, -0.2) is 4.98 Å². The van der Waals surface area contributed by atoms with Crippen molar-refractivity contribution in [1.29, 1.82) is 5.26 Å². The predicted octanol–water partition coefficient (Wildman–Crippen LogP) is 2.56. The smallest absolute Gasteiger partial charge is 0.437 e. The average molecular weight is 467 g/mol. The van der Waals surface area contributed by atoms with Crippen LogP contribution in [-0.4, -0.2) is 21.4 Å². The third-order valence-corrected chi connectivity index (χ3v) is 4.24. The minimum absolute atomic E-state index is 0.00763. The van der Waals surface area contributed by atoms with E-state index in [-0.39, 0.29) is 22.0 Å². The van der Waals surface area contributed by atoms with Crippen LogP contribution in [0.5, 0.6) is 11.5 Å². The first-order chi connectivity index (χ1) is 15.0. The SMILES string of the molecule is N#Cc1cc(Cl)cc(Oc2c(C(F)(F)F)ncn(CC3=CC(C(N)=O)C(=O)N=N3)c2=O)c1. The Balaban J connectivity index is 2.05. The third-order valence-electron chi connectivity index (χ3n) is 4.03. The van der Waals surface area contributed by atoms with Gasteiger partial charge in [0.2, 0.25) is 11.7 Å². The van der Waals surface area contributed by atoms with Crippen molar-refractivity contribution in [2.45, 2.75) is 12.7 Å². The molecule has 3 rings (SSSR count). The van der Waals surface area contributed by atoms with Crippen molar-refractivity contribution < 1.29 is 27.5 Å². The molecule has 2 N–H and O–H groups in total. The molecule has 10 nitrogen and oxygen atoms in total. The maximum absolute atomic E-state index is 13.4. The van der Waals surface area contributed by atoms with E-state index in [1.54, 1.807) is 6.07 Å². The van der Waals surface area contributed by atoms with Gasteiger partial charge in [-0.2, -0.15) is 23.5 Å². The standard InChI is InChI=1S/C18H10ClF3N6O4/c19-9-1-8(5-23)2-11(3-9)32-13-14(18(20,21)22)25-7-28(17(13)31)6-10-4-12(15(24)29)16(30)27-26-10/h1-4,7,12H,6H2,(H2,24,29). The van der Waals surface area contributed by atoms with Gasteiger partial charge in [0, 0.05) is 5.02 Å². The molecule has 0 radical (unpaired) electrons. The molecular formula is C18H10ClF3N6O4. The number of nitriles is 1. The lowest BCUT2D eigenvalue weighted by atomic mass is 10.1. The zero-order valence-corrected chi connectivity index (χ0v) is 16.4. The number of halogens is 4. The number of carbonyl (C=O) groups is 2. The van der Waals surface area contributed by atoms with Crippen LogP contribution in [0.15, 0.2) is 51.3 Å². The van der Waals surface area contributed by atoms with Crippen LogP contribution in [0.2, 0.25) is 5.02 Å². The Hall–Kier alpha value is -4.05. The van der Waals surface area contributed by atoms with Crippen LogP contribution in [0.4, 0.5) is 13.2 Å². The topological polar surface area (TPSA) is 153 Å². The summed E-state index contributed by atoms with van der Waals surface area (Å²) in [6.45, 7) is -0.486. The second-order valence-corrected chi connectivity index (χ2v) is 6.76. The highest BCUT2D eigenvalue weighted by atomic mass is 35.5. The van der Waals surface area contributed by atoms with E-state index >= 15 is 0 Å². The number of ether oxygens (including phenoxy) is 1. The Kier molecular flexibility index (Phi) is 6.08. The largest absolute Gasteiger partial charge is 0.449 e. The number of hydrogen-bond acceptors (Lipinski definition) is 7. The summed E-state index contributed by atoms with van der Waals surface area (Å²) in [5.41, 5.74) is 2.13. The Morgan fingerprint density at radius 3 is 2.62 bits per heavy atom. The van der Waals surface area contributed by atoms with E-state index in [0.29, 0.717) is 10.9 Å². The van der Waals surface area contributed by atoms with Gasteiger partial charge in [0.15, 0.2) is 5.69 Å². The molecular weight excluding hydrogens is 457 g/mol. The van der Waals surface area contributed by atoms with Gasteiger partial charge in [-0.1, -0.05) is 11.6 Å². The molecule has 2 heterocycles. The quantitative estimate of drug-likeness (QED) is 0.668. The van der Waals surface area contributed by atoms with E-state index < -0.39 is 47.5 Å². The van der Waals surface area contributed by atoms with Gasteiger partial charge in [-0.05, 0) is 24.3 Å². The molecule has 0 fully saturated rings. The minimum Gasteiger partial charge on any atom is -0.449 e. The number of nitrogens with two attached hydrogens (primary N) is 1. The summed E-state index contributed by atoms with van der Waals surface area (Å²) < 4.78 is 46.1. The Labute approximate surface area is 181 Å². The Bertz CT molecular complexity index is 1280. The molecule has 0 saturated carbocycles. The summed E-state index contributed by atoms with van der Waals surface area (Å²) in [6.07, 6.45) is -3.40. The third kappa shape index (κ3) is 4.81. The predicted molar refractivity (Wildman–Crippen MR) is 100 cm³/mol. The first-order valence-electron chi connectivity index (χ1n) is 8.50. The van der Waals surface area contributed by atoms with Crippen LogP contribution in [-0.2, 0) is 22.3 Å². The van der Waals surface area contributed by atoms with Crippen molar-refractivity contribution >= 4 is 23.4 Å². The highest BCUT2D eigenvalue weighted by molar-refractivity contribution is 6.30. The van der Waals surface area contributed by atoms with Crippen molar-refractivity contribution in [2.75, 3.05) is 0 Å². The molecule has 32 heavy (non-hydrogen) atoms. The first-order valence-corrected chi connectivity index (χ1v) is 8.88. The zero-order valence-electron chi connectivity index (χ0n) is 15.6. The first kappa shape index (κ1) is 22.6. The molecule has 0 bridgehead atoms. The summed E-state index contributed by atoms with van der Waals surface area (Å²) in [6, 6.07) is 5.20. The normalized spacial score (nSPS) is 15.8. The van der Waals surface area contributed by atoms with Gasteiger partial charge in [0.25, 0.3) is 11.5 Å². The maximum atomic E-state index is 13.4. The van der Waals surface area contributed by atoms with E-state index in [1.807, 2.05) is 0 Å². The molecule has 2 aromatic rings. The van der Waals surface area contributed by atoms with Crippen molar-refractivity contribution in [3.63, 3.8) is 0 Å². The number of allylic oxidation sites excluding steroid dienone is 1. The summed E-state index contributed by atoms with van der Waals surface area (Å²) in [5, 5.41) is 15.7. The lowest BCUT2D eigenvalue weighted by molar-refractivity contribution is -0.142. The van der Waals surface area contributed by atoms with Crippen molar-refractivity contribution in [1.82, 2.24) is 9.55 Å². The summed E-state index contributed by atoms with van der Waals surface area (Å²) >= 11 is 5.83. The number of azo groups is 1. The van der Waals surface area contributed by atoms with Crippen LogP contribution in [0.3, 0.4) is 0 Å². The Morgan fingerprint density at radius 2 is 2.00 bits per heavy atom. The molecule has 0 saturated heterocycles. The fraction of sp³-hybridized carbons (Fsp3) is 0.167. The summed E-state index contributed by atoms with van der Waals surface area (Å²) in [7, 11) is 0. The van der Waals surface area contributed by atoms with Crippen molar-refractivity contribution in [2.24, 2.45) is 21.9 Å². The summed E-state index contributed by atoms with van der Waals surface area (Å²) in [5.74, 6) is -4.83. The Morgan fingerprint density at radius 1 is 1.28 bits per heavy atom. The van der Waals surface area contributed by atoms with Crippen molar-refractivity contribution in [3.8, 4) is 17.6 Å². The molecule has 1 atom stereocenters. The van der Waals surface area contributed by atoms with Gasteiger partial charge in [-0.3, -0.25) is 19.0 Å². The fourth-order valence-electron chi connectivity index (χ4n) is 2.62. The van der Waals surface area contributed by atoms with Gasteiger partial charge in [0.05, 0.1) is 30.2 Å². The molecule has 1 aliphatic heterocycles. The van der Waals surface area contributed by atoms with Crippen LogP contribution in [0.1, 0.15) is 11.3 Å². The average Bonchev–Trinajstić information content (AvgIpc) is 2.70. The molecule has 1 unspecified atom stereocenters. The second-order valence-electron chi connectivity index (χ2n) is 6.32. The number of primary amides is 1. The number of alkyl halides is 3.